The van der Waals surface area contributed by atoms with Crippen LogP contribution in [0, 0.1) is 23.3 Å². The molecule has 23 heavy (non-hydrogen) atoms. The Balaban J connectivity index is 2.63. The second-order valence-corrected chi connectivity index (χ2v) is 6.77. The molecule has 0 aliphatic rings. The zero-order valence-corrected chi connectivity index (χ0v) is 12.7. The van der Waals surface area contributed by atoms with Crippen molar-refractivity contribution in [1.82, 2.24) is 9.78 Å². The van der Waals surface area contributed by atoms with Gasteiger partial charge in [-0.05, 0) is 0 Å². The molecular weight excluding hydrogens is 364 g/mol. The highest BCUT2D eigenvalue weighted by Crippen LogP contribution is 2.20. The van der Waals surface area contributed by atoms with Gasteiger partial charge in [-0.1, -0.05) is 11.3 Å². The minimum Gasteiger partial charge on any atom is -0.266 e. The van der Waals surface area contributed by atoms with E-state index in [-0.39, 0.29) is 6.07 Å². The molecular formula is C10H6F4N4O3S2. The van der Waals surface area contributed by atoms with Crippen molar-refractivity contribution in [3.8, 4) is 0 Å². The molecule has 13 heteroatoms. The number of carbonyl (C=O) groups excluding carboxylic acids is 1. The van der Waals surface area contributed by atoms with Crippen molar-refractivity contribution in [3.05, 3.63) is 39.7 Å². The molecule has 1 heterocycles. The van der Waals surface area contributed by atoms with E-state index in [4.69, 9.17) is 5.14 Å². The van der Waals surface area contributed by atoms with Gasteiger partial charge in [0, 0.05) is 13.1 Å². The molecule has 2 N–H and O–H groups in total. The summed E-state index contributed by atoms with van der Waals surface area (Å²) < 4.78 is 75.6. The second kappa shape index (κ2) is 5.82. The first-order valence-corrected chi connectivity index (χ1v) is 7.87. The van der Waals surface area contributed by atoms with Crippen molar-refractivity contribution < 1.29 is 30.8 Å². The summed E-state index contributed by atoms with van der Waals surface area (Å²) >= 11 is 0.329. The highest BCUT2D eigenvalue weighted by Gasteiger charge is 2.25. The fourth-order valence-corrected chi connectivity index (χ4v) is 2.99. The Hall–Kier alpha value is -2.12. The molecule has 0 spiro atoms. The lowest BCUT2D eigenvalue weighted by molar-refractivity contribution is 0.0987. The minimum atomic E-state index is -4.19. The summed E-state index contributed by atoms with van der Waals surface area (Å²) in [6, 6.07) is -0.0623. The Morgan fingerprint density at radius 3 is 2.22 bits per heavy atom. The molecule has 0 atom stereocenters. The molecule has 1 aromatic heterocycles. The van der Waals surface area contributed by atoms with Gasteiger partial charge in [-0.25, -0.2) is 35.8 Å². The first-order valence-electron chi connectivity index (χ1n) is 5.51. The van der Waals surface area contributed by atoms with E-state index in [1.807, 2.05) is 0 Å². The second-order valence-electron chi connectivity index (χ2n) is 4.08. The van der Waals surface area contributed by atoms with E-state index < -0.39 is 53.9 Å². The molecule has 2 rings (SSSR count). The SMILES string of the molecule is Cn1nc(S(N)(=O)=O)sc1=NC(=O)c1c(F)c(F)cc(F)c1F. The number of nitrogens with two attached hydrogens (primary N) is 1. The van der Waals surface area contributed by atoms with Gasteiger partial charge in [0.2, 0.25) is 9.14 Å². The first kappa shape index (κ1) is 17.2. The number of halogens is 4. The molecule has 0 saturated carbocycles. The summed E-state index contributed by atoms with van der Waals surface area (Å²) in [7, 11) is -3.01. The van der Waals surface area contributed by atoms with E-state index >= 15 is 0 Å². The number of aryl methyl sites for hydroxylation is 1. The number of hydrogen-bond donors (Lipinski definition) is 1. The van der Waals surface area contributed by atoms with E-state index in [9.17, 15) is 30.8 Å². The molecule has 0 bridgehead atoms. The molecule has 0 unspecified atom stereocenters. The van der Waals surface area contributed by atoms with Gasteiger partial charge in [-0.15, -0.1) is 5.10 Å². The highest BCUT2D eigenvalue weighted by atomic mass is 32.2. The lowest BCUT2D eigenvalue weighted by Gasteiger charge is -2.02. The van der Waals surface area contributed by atoms with Crippen LogP contribution in [0.2, 0.25) is 0 Å². The van der Waals surface area contributed by atoms with Crippen LogP contribution in [0.25, 0.3) is 0 Å². The van der Waals surface area contributed by atoms with Crippen LogP contribution < -0.4 is 9.94 Å². The third-order valence-corrected chi connectivity index (χ3v) is 4.76. The van der Waals surface area contributed by atoms with E-state index in [0.717, 1.165) is 4.68 Å². The Labute approximate surface area is 129 Å². The number of amides is 1. The van der Waals surface area contributed by atoms with Gasteiger partial charge >= 0.3 is 0 Å². The molecule has 0 fully saturated rings. The number of aromatic nitrogens is 2. The Bertz CT molecular complexity index is 954. The van der Waals surface area contributed by atoms with E-state index in [2.05, 4.69) is 10.1 Å². The largest absolute Gasteiger partial charge is 0.285 e. The summed E-state index contributed by atoms with van der Waals surface area (Å²) in [5, 5.41) is 8.28. The predicted molar refractivity (Wildman–Crippen MR) is 68.6 cm³/mol. The topological polar surface area (TPSA) is 107 Å². The zero-order chi connectivity index (χ0) is 17.5. The standard InChI is InChI=1S/C10H6F4N4O3S2/c1-18-9(22-10(17-18)23(15,20)21)16-8(19)5-6(13)3(11)2-4(12)7(5)14/h2H,1H3,(H2,15,20,21). The van der Waals surface area contributed by atoms with E-state index in [0.29, 0.717) is 11.3 Å². The maximum atomic E-state index is 13.5. The average Bonchev–Trinajstić information content (AvgIpc) is 2.78. The fourth-order valence-electron chi connectivity index (χ4n) is 1.44. The predicted octanol–water partition coefficient (Wildman–Crippen LogP) is 0.426. The molecule has 1 aromatic carbocycles. The van der Waals surface area contributed by atoms with Gasteiger partial charge in [0.25, 0.3) is 15.9 Å². The molecule has 0 aliphatic heterocycles. The molecule has 1 amide bonds. The molecule has 0 aliphatic carbocycles. The van der Waals surface area contributed by atoms with Crippen LogP contribution in [0.3, 0.4) is 0 Å². The Kier molecular flexibility index (Phi) is 4.37. The summed E-state index contributed by atoms with van der Waals surface area (Å²) in [5.74, 6) is -9.05. The molecule has 2 aromatic rings. The lowest BCUT2D eigenvalue weighted by atomic mass is 10.1. The molecule has 7 nitrogen and oxygen atoms in total. The van der Waals surface area contributed by atoms with Crippen molar-refractivity contribution in [3.63, 3.8) is 0 Å². The van der Waals surface area contributed by atoms with Gasteiger partial charge in [0.15, 0.2) is 23.3 Å². The lowest BCUT2D eigenvalue weighted by Crippen LogP contribution is -2.17. The van der Waals surface area contributed by atoms with Gasteiger partial charge in [0.05, 0.1) is 0 Å². The summed E-state index contributed by atoms with van der Waals surface area (Å²) in [4.78, 5) is 14.6. The van der Waals surface area contributed by atoms with Crippen molar-refractivity contribution in [2.45, 2.75) is 4.34 Å². The molecule has 0 radical (unpaired) electrons. The maximum absolute atomic E-state index is 13.5. The van der Waals surface area contributed by atoms with Crippen molar-refractivity contribution in [2.75, 3.05) is 0 Å². The minimum absolute atomic E-state index is 0.0623. The number of rotatable bonds is 2. The highest BCUT2D eigenvalue weighted by molar-refractivity contribution is 7.91. The van der Waals surface area contributed by atoms with E-state index in [1.165, 1.54) is 7.05 Å². The van der Waals surface area contributed by atoms with Crippen LogP contribution in [0.4, 0.5) is 17.6 Å². The smallest absolute Gasteiger partial charge is 0.266 e. The van der Waals surface area contributed by atoms with Crippen LogP contribution in [0.1, 0.15) is 10.4 Å². The van der Waals surface area contributed by atoms with Crippen LogP contribution >= 0.6 is 11.3 Å². The number of sulfonamides is 1. The van der Waals surface area contributed by atoms with Crippen molar-refractivity contribution in [2.24, 2.45) is 17.2 Å². The third-order valence-electron chi connectivity index (χ3n) is 2.45. The number of primary sulfonamides is 1. The van der Waals surface area contributed by atoms with Crippen LogP contribution in [-0.4, -0.2) is 24.1 Å². The van der Waals surface area contributed by atoms with Crippen molar-refractivity contribution >= 4 is 27.3 Å². The molecule has 0 saturated heterocycles. The van der Waals surface area contributed by atoms with Crippen LogP contribution in [0.5, 0.6) is 0 Å². The first-order chi connectivity index (χ1) is 10.5. The third kappa shape index (κ3) is 3.30. The average molecular weight is 370 g/mol. The fraction of sp³-hybridized carbons (Fsp3) is 0.100. The van der Waals surface area contributed by atoms with Crippen molar-refractivity contribution in [1.29, 1.82) is 0 Å². The van der Waals surface area contributed by atoms with Gasteiger partial charge in [-0.2, -0.15) is 4.99 Å². The number of nitrogens with zero attached hydrogens (tertiary/aromatic N) is 3. The monoisotopic (exact) mass is 370 g/mol. The van der Waals surface area contributed by atoms with Gasteiger partial charge < -0.3 is 0 Å². The van der Waals surface area contributed by atoms with Gasteiger partial charge in [-0.3, -0.25) is 4.79 Å². The maximum Gasteiger partial charge on any atom is 0.285 e. The summed E-state index contributed by atoms with van der Waals surface area (Å²) in [6.07, 6.45) is 0. The quantitative estimate of drug-likeness (QED) is 0.611. The number of carbonyl (C=O) groups is 1. The van der Waals surface area contributed by atoms with Crippen LogP contribution in [0.15, 0.2) is 15.4 Å². The van der Waals surface area contributed by atoms with Crippen LogP contribution in [-0.2, 0) is 17.1 Å². The van der Waals surface area contributed by atoms with E-state index in [1.54, 1.807) is 0 Å². The van der Waals surface area contributed by atoms with Gasteiger partial charge in [0.1, 0.15) is 5.56 Å². The Morgan fingerprint density at radius 1 is 1.26 bits per heavy atom. The number of hydrogen-bond acceptors (Lipinski definition) is 5. The normalized spacial score (nSPS) is 12.7. The summed E-state index contributed by atoms with van der Waals surface area (Å²) in [5.41, 5.74) is -1.55. The number of benzene rings is 1. The zero-order valence-electron chi connectivity index (χ0n) is 11.0. The molecule has 124 valence electrons. The Morgan fingerprint density at radius 2 is 1.78 bits per heavy atom. The summed E-state index contributed by atoms with van der Waals surface area (Å²) in [6.45, 7) is 0.